The van der Waals surface area contributed by atoms with Gasteiger partial charge in [-0.1, -0.05) is 43.0 Å². The SMILES string of the molecule is C=C(c1ccc(-c2ccc(OC3CCN(CC4CC4)CC3)cc2)cc1)N1CCCC1. The van der Waals surface area contributed by atoms with Crippen molar-refractivity contribution in [1.29, 1.82) is 0 Å². The molecule has 3 fully saturated rings. The fraction of sp³-hybridized carbons (Fsp3) is 0.481. The van der Waals surface area contributed by atoms with Crippen LogP contribution in [0.3, 0.4) is 0 Å². The molecule has 1 aliphatic carbocycles. The van der Waals surface area contributed by atoms with Crippen LogP contribution in [0.5, 0.6) is 5.75 Å². The highest BCUT2D eigenvalue weighted by Crippen LogP contribution is 2.31. The van der Waals surface area contributed by atoms with Crippen molar-refractivity contribution in [3.63, 3.8) is 0 Å². The molecule has 1 saturated carbocycles. The molecular weight excluding hydrogens is 368 g/mol. The van der Waals surface area contributed by atoms with Crippen LogP contribution < -0.4 is 4.74 Å². The lowest BCUT2D eigenvalue weighted by Gasteiger charge is -2.32. The molecule has 0 radical (unpaired) electrons. The van der Waals surface area contributed by atoms with E-state index in [1.165, 1.54) is 62.0 Å². The zero-order valence-corrected chi connectivity index (χ0v) is 18.1. The molecule has 3 nitrogen and oxygen atoms in total. The third-order valence-electron chi connectivity index (χ3n) is 6.94. The molecule has 0 unspecified atom stereocenters. The predicted octanol–water partition coefficient (Wildman–Crippen LogP) is 5.67. The first kappa shape index (κ1) is 19.7. The number of hydrogen-bond donors (Lipinski definition) is 0. The first-order valence-electron chi connectivity index (χ1n) is 11.8. The molecule has 30 heavy (non-hydrogen) atoms. The summed E-state index contributed by atoms with van der Waals surface area (Å²) >= 11 is 0. The van der Waals surface area contributed by atoms with Crippen molar-refractivity contribution in [1.82, 2.24) is 9.80 Å². The third-order valence-corrected chi connectivity index (χ3v) is 6.94. The summed E-state index contributed by atoms with van der Waals surface area (Å²) in [5.74, 6) is 1.99. The Balaban J connectivity index is 1.15. The largest absolute Gasteiger partial charge is 0.490 e. The van der Waals surface area contributed by atoms with Crippen LogP contribution in [0.15, 0.2) is 55.1 Å². The number of hydrogen-bond acceptors (Lipinski definition) is 3. The first-order valence-corrected chi connectivity index (χ1v) is 11.8. The van der Waals surface area contributed by atoms with Gasteiger partial charge in [0.05, 0.1) is 0 Å². The summed E-state index contributed by atoms with van der Waals surface area (Å²) in [7, 11) is 0. The molecule has 5 rings (SSSR count). The molecule has 0 aromatic heterocycles. The maximum absolute atomic E-state index is 6.28. The zero-order chi connectivity index (χ0) is 20.3. The Bertz CT molecular complexity index is 839. The molecule has 0 N–H and O–H groups in total. The average Bonchev–Trinajstić information content (AvgIpc) is 3.43. The van der Waals surface area contributed by atoms with Crippen molar-refractivity contribution in [2.24, 2.45) is 5.92 Å². The highest BCUT2D eigenvalue weighted by atomic mass is 16.5. The van der Waals surface area contributed by atoms with E-state index in [1.54, 1.807) is 0 Å². The van der Waals surface area contributed by atoms with E-state index in [-0.39, 0.29) is 0 Å². The molecule has 0 amide bonds. The van der Waals surface area contributed by atoms with Gasteiger partial charge in [-0.2, -0.15) is 0 Å². The second-order valence-corrected chi connectivity index (χ2v) is 9.30. The van der Waals surface area contributed by atoms with E-state index >= 15 is 0 Å². The molecule has 2 saturated heterocycles. The van der Waals surface area contributed by atoms with Crippen LogP contribution in [-0.2, 0) is 0 Å². The van der Waals surface area contributed by atoms with Crippen molar-refractivity contribution in [2.75, 3.05) is 32.7 Å². The van der Waals surface area contributed by atoms with Gasteiger partial charge in [-0.25, -0.2) is 0 Å². The molecular formula is C27H34N2O. The molecule has 2 aliphatic heterocycles. The first-order chi connectivity index (χ1) is 14.7. The Morgan fingerprint density at radius 2 is 1.40 bits per heavy atom. The summed E-state index contributed by atoms with van der Waals surface area (Å²) in [5, 5.41) is 0. The van der Waals surface area contributed by atoms with E-state index in [4.69, 9.17) is 4.74 Å². The van der Waals surface area contributed by atoms with Gasteiger partial charge in [0.1, 0.15) is 11.9 Å². The molecule has 2 heterocycles. The van der Waals surface area contributed by atoms with Gasteiger partial charge in [0, 0.05) is 38.4 Å². The van der Waals surface area contributed by atoms with Crippen molar-refractivity contribution in [3.05, 3.63) is 60.7 Å². The number of rotatable bonds is 7. The molecule has 2 aromatic carbocycles. The van der Waals surface area contributed by atoms with Crippen LogP contribution in [0.4, 0.5) is 0 Å². The molecule has 3 heteroatoms. The Hall–Kier alpha value is -2.26. The van der Waals surface area contributed by atoms with Gasteiger partial charge in [-0.15, -0.1) is 0 Å². The smallest absolute Gasteiger partial charge is 0.119 e. The molecule has 2 aromatic rings. The van der Waals surface area contributed by atoms with Gasteiger partial charge in [-0.05, 0) is 73.3 Å². The quantitative estimate of drug-likeness (QED) is 0.593. The van der Waals surface area contributed by atoms with Crippen molar-refractivity contribution < 1.29 is 4.74 Å². The summed E-state index contributed by atoms with van der Waals surface area (Å²) in [4.78, 5) is 5.03. The Kier molecular flexibility index (Phi) is 5.81. The summed E-state index contributed by atoms with van der Waals surface area (Å²) in [5.41, 5.74) is 4.87. The van der Waals surface area contributed by atoms with Crippen LogP contribution >= 0.6 is 0 Å². The zero-order valence-electron chi connectivity index (χ0n) is 18.1. The Labute approximate surface area is 181 Å². The van der Waals surface area contributed by atoms with Crippen molar-refractivity contribution in [3.8, 4) is 16.9 Å². The van der Waals surface area contributed by atoms with Crippen LogP contribution in [-0.4, -0.2) is 48.6 Å². The van der Waals surface area contributed by atoms with Gasteiger partial charge in [0.25, 0.3) is 0 Å². The normalized spacial score (nSPS) is 20.5. The molecule has 0 atom stereocenters. The number of likely N-dealkylation sites (tertiary alicyclic amines) is 2. The van der Waals surface area contributed by atoms with E-state index in [1.807, 2.05) is 0 Å². The maximum Gasteiger partial charge on any atom is 0.119 e. The van der Waals surface area contributed by atoms with E-state index < -0.39 is 0 Å². The third kappa shape index (κ3) is 4.73. The number of benzene rings is 2. The highest BCUT2D eigenvalue weighted by Gasteiger charge is 2.27. The van der Waals surface area contributed by atoms with E-state index in [2.05, 4.69) is 64.9 Å². The fourth-order valence-corrected chi connectivity index (χ4v) is 4.82. The minimum Gasteiger partial charge on any atom is -0.490 e. The van der Waals surface area contributed by atoms with E-state index in [9.17, 15) is 0 Å². The van der Waals surface area contributed by atoms with Crippen LogP contribution in [0.1, 0.15) is 44.1 Å². The van der Waals surface area contributed by atoms with Crippen molar-refractivity contribution >= 4 is 5.70 Å². The van der Waals surface area contributed by atoms with Crippen molar-refractivity contribution in [2.45, 2.75) is 44.6 Å². The fourth-order valence-electron chi connectivity index (χ4n) is 4.82. The lowest BCUT2D eigenvalue weighted by molar-refractivity contribution is 0.0980. The van der Waals surface area contributed by atoms with Gasteiger partial charge < -0.3 is 14.5 Å². The highest BCUT2D eigenvalue weighted by molar-refractivity contribution is 5.69. The molecule has 158 valence electrons. The Morgan fingerprint density at radius 3 is 2.00 bits per heavy atom. The maximum atomic E-state index is 6.28. The van der Waals surface area contributed by atoms with Crippen LogP contribution in [0, 0.1) is 5.92 Å². The van der Waals surface area contributed by atoms with Gasteiger partial charge >= 0.3 is 0 Å². The Morgan fingerprint density at radius 1 is 0.800 bits per heavy atom. The monoisotopic (exact) mass is 402 g/mol. The molecule has 0 bridgehead atoms. The number of ether oxygens (including phenoxy) is 1. The summed E-state index contributed by atoms with van der Waals surface area (Å²) in [6, 6.07) is 17.4. The van der Waals surface area contributed by atoms with Gasteiger partial charge in [0.2, 0.25) is 0 Å². The standard InChI is InChI=1S/C27H34N2O/c1-21(29-16-2-3-17-29)23-6-8-24(9-7-23)25-10-12-26(13-11-25)30-27-14-18-28(19-15-27)20-22-4-5-22/h6-13,22,27H,1-5,14-20H2. The number of piperidine rings is 1. The average molecular weight is 403 g/mol. The second-order valence-electron chi connectivity index (χ2n) is 9.30. The van der Waals surface area contributed by atoms with Crippen LogP contribution in [0.2, 0.25) is 0 Å². The number of nitrogens with zero attached hydrogens (tertiary/aromatic N) is 2. The predicted molar refractivity (Wildman–Crippen MR) is 125 cm³/mol. The summed E-state index contributed by atoms with van der Waals surface area (Å²) in [6.45, 7) is 10.3. The minimum atomic E-state index is 0.363. The summed E-state index contributed by atoms with van der Waals surface area (Å²) < 4.78 is 6.28. The second kappa shape index (κ2) is 8.85. The lowest BCUT2D eigenvalue weighted by atomic mass is 10.0. The topological polar surface area (TPSA) is 15.7 Å². The van der Waals surface area contributed by atoms with Gasteiger partial charge in [0.15, 0.2) is 0 Å². The van der Waals surface area contributed by atoms with Crippen LogP contribution in [0.25, 0.3) is 16.8 Å². The lowest BCUT2D eigenvalue weighted by Crippen LogP contribution is -2.39. The summed E-state index contributed by atoms with van der Waals surface area (Å²) in [6.07, 6.45) is 8.11. The van der Waals surface area contributed by atoms with E-state index in [0.29, 0.717) is 6.10 Å². The molecule has 3 aliphatic rings. The van der Waals surface area contributed by atoms with E-state index in [0.717, 1.165) is 43.3 Å². The minimum absolute atomic E-state index is 0.363. The van der Waals surface area contributed by atoms with Gasteiger partial charge in [-0.3, -0.25) is 0 Å². The molecule has 0 spiro atoms.